The molecule has 1 fully saturated rings. The number of methoxy groups -OCH3 is 1. The topological polar surface area (TPSA) is 123 Å². The first-order valence-electron chi connectivity index (χ1n) is 17.4. The summed E-state index contributed by atoms with van der Waals surface area (Å²) >= 11 is 0. The number of piperazine rings is 1. The third-order valence-electron chi connectivity index (χ3n) is 9.07. The number of halogens is 1. The molecule has 2 heterocycles. The van der Waals surface area contributed by atoms with Gasteiger partial charge in [0.2, 0.25) is 5.91 Å². The van der Waals surface area contributed by atoms with Crippen LogP contribution in [0.15, 0.2) is 66.9 Å². The second-order valence-electron chi connectivity index (χ2n) is 12.7. The molecule has 4 aromatic rings. The van der Waals surface area contributed by atoms with Crippen LogP contribution in [0.4, 0.5) is 16.2 Å². The normalized spacial score (nSPS) is 12.9. The molecule has 12 nitrogen and oxygen atoms in total. The van der Waals surface area contributed by atoms with Gasteiger partial charge in [-0.25, -0.2) is 4.79 Å². The maximum absolute atomic E-state index is 13.7. The first-order chi connectivity index (χ1) is 24.6. The number of aryl methyl sites for hydroxylation is 1. The Hall–Kier alpha value is -5.07. The van der Waals surface area contributed by atoms with Gasteiger partial charge in [-0.05, 0) is 94.3 Å². The van der Waals surface area contributed by atoms with E-state index in [1.807, 2.05) is 30.0 Å². The van der Waals surface area contributed by atoms with Gasteiger partial charge < -0.3 is 34.2 Å². The van der Waals surface area contributed by atoms with E-state index < -0.39 is 12.0 Å². The highest BCUT2D eigenvalue weighted by molar-refractivity contribution is 6.14. The van der Waals surface area contributed by atoms with E-state index in [0.29, 0.717) is 57.9 Å². The SMILES string of the molecule is CCOC(=O)n1ccc2c(C(=O)Nc3ccc(C(=O)N(C)c4ccc(C)cc4OCCCCCC(=O)N4CCN(C)CC4)cc3OC)cccc21.Cl. The van der Waals surface area contributed by atoms with Gasteiger partial charge >= 0.3 is 6.09 Å². The van der Waals surface area contributed by atoms with Gasteiger partial charge in [-0.1, -0.05) is 12.1 Å². The number of ether oxygens (including phenoxy) is 3. The number of hydrogen-bond acceptors (Lipinski definition) is 8. The molecular weight excluding hydrogens is 686 g/mol. The second kappa shape index (κ2) is 18.4. The molecule has 0 saturated carbocycles. The van der Waals surface area contributed by atoms with E-state index in [-0.39, 0.29) is 30.8 Å². The minimum absolute atomic E-state index is 0. The number of benzene rings is 3. The van der Waals surface area contributed by atoms with E-state index >= 15 is 0 Å². The summed E-state index contributed by atoms with van der Waals surface area (Å²) in [5.41, 5.74) is 3.27. The Labute approximate surface area is 311 Å². The third kappa shape index (κ3) is 9.42. The lowest BCUT2D eigenvalue weighted by Gasteiger charge is -2.32. The van der Waals surface area contributed by atoms with Crippen LogP contribution in [-0.2, 0) is 9.53 Å². The Balaban J connectivity index is 0.00000605. The minimum Gasteiger partial charge on any atom is -0.495 e. The van der Waals surface area contributed by atoms with Crippen LogP contribution in [-0.4, -0.2) is 98.8 Å². The zero-order valence-corrected chi connectivity index (χ0v) is 31.3. The number of hydrogen-bond donors (Lipinski definition) is 1. The lowest BCUT2D eigenvalue weighted by Crippen LogP contribution is -2.47. The van der Waals surface area contributed by atoms with Crippen molar-refractivity contribution in [3.05, 3.63) is 83.6 Å². The number of likely N-dealkylation sites (N-methyl/N-ethyl adjacent to an activating group) is 1. The van der Waals surface area contributed by atoms with E-state index in [9.17, 15) is 19.2 Å². The molecule has 1 N–H and O–H groups in total. The fourth-order valence-corrected chi connectivity index (χ4v) is 6.10. The van der Waals surface area contributed by atoms with Gasteiger partial charge in [-0.3, -0.25) is 19.0 Å². The summed E-state index contributed by atoms with van der Waals surface area (Å²) in [7, 11) is 5.24. The second-order valence-corrected chi connectivity index (χ2v) is 12.7. The number of amides is 3. The molecule has 0 aliphatic carbocycles. The fourth-order valence-electron chi connectivity index (χ4n) is 6.10. The average Bonchev–Trinajstić information content (AvgIpc) is 3.57. The molecule has 0 bridgehead atoms. The van der Waals surface area contributed by atoms with E-state index in [0.717, 1.165) is 51.0 Å². The molecule has 1 aromatic heterocycles. The number of carbonyl (C=O) groups is 4. The Morgan fingerprint density at radius 2 is 1.67 bits per heavy atom. The molecular formula is C39H48ClN5O7. The summed E-state index contributed by atoms with van der Waals surface area (Å²) in [5, 5.41) is 3.47. The molecule has 3 amide bonds. The van der Waals surface area contributed by atoms with Gasteiger partial charge in [0.05, 0.1) is 37.2 Å². The number of rotatable bonds is 13. The smallest absolute Gasteiger partial charge is 0.418 e. The van der Waals surface area contributed by atoms with Crippen molar-refractivity contribution in [2.45, 2.75) is 39.5 Å². The van der Waals surface area contributed by atoms with Gasteiger partial charge in [0.25, 0.3) is 11.8 Å². The largest absolute Gasteiger partial charge is 0.495 e. The minimum atomic E-state index is -0.525. The Morgan fingerprint density at radius 1 is 0.904 bits per heavy atom. The van der Waals surface area contributed by atoms with Crippen molar-refractivity contribution in [3.8, 4) is 11.5 Å². The van der Waals surface area contributed by atoms with E-state index in [1.54, 1.807) is 62.6 Å². The van der Waals surface area contributed by atoms with E-state index in [1.165, 1.54) is 16.6 Å². The number of nitrogens with zero attached hydrogens (tertiary/aromatic N) is 4. The van der Waals surface area contributed by atoms with E-state index in [2.05, 4.69) is 17.3 Å². The summed E-state index contributed by atoms with van der Waals surface area (Å²) in [4.78, 5) is 57.8. The van der Waals surface area contributed by atoms with Crippen LogP contribution in [0.1, 0.15) is 58.9 Å². The van der Waals surface area contributed by atoms with Gasteiger partial charge in [0.1, 0.15) is 11.5 Å². The van der Waals surface area contributed by atoms with Crippen LogP contribution in [0.5, 0.6) is 11.5 Å². The number of aromatic nitrogens is 1. The number of unbranched alkanes of at least 4 members (excludes halogenated alkanes) is 2. The Morgan fingerprint density at radius 3 is 2.40 bits per heavy atom. The molecule has 0 radical (unpaired) electrons. The number of anilines is 2. The van der Waals surface area contributed by atoms with Gasteiger partial charge in [-0.2, -0.15) is 0 Å². The van der Waals surface area contributed by atoms with Crippen molar-refractivity contribution in [1.29, 1.82) is 0 Å². The number of fused-ring (bicyclic) bond motifs is 1. The van der Waals surface area contributed by atoms with Crippen LogP contribution < -0.4 is 19.7 Å². The summed E-state index contributed by atoms with van der Waals surface area (Å²) in [6.45, 7) is 7.82. The zero-order chi connectivity index (χ0) is 36.5. The van der Waals surface area contributed by atoms with Crippen LogP contribution in [0.3, 0.4) is 0 Å². The molecule has 1 saturated heterocycles. The van der Waals surface area contributed by atoms with Crippen molar-refractivity contribution >= 4 is 58.5 Å². The van der Waals surface area contributed by atoms with Crippen molar-refractivity contribution in [2.24, 2.45) is 0 Å². The molecule has 0 unspecified atom stereocenters. The highest BCUT2D eigenvalue weighted by atomic mass is 35.5. The van der Waals surface area contributed by atoms with Crippen molar-refractivity contribution in [2.75, 3.05) is 70.8 Å². The molecule has 0 atom stereocenters. The fraction of sp³-hybridized carbons (Fsp3) is 0.385. The van der Waals surface area contributed by atoms with Crippen molar-refractivity contribution in [1.82, 2.24) is 14.4 Å². The summed E-state index contributed by atoms with van der Waals surface area (Å²) < 4.78 is 18.2. The molecule has 52 heavy (non-hydrogen) atoms. The van der Waals surface area contributed by atoms with Crippen molar-refractivity contribution in [3.63, 3.8) is 0 Å². The average molecular weight is 734 g/mol. The highest BCUT2D eigenvalue weighted by Gasteiger charge is 2.22. The Bertz CT molecular complexity index is 1890. The molecule has 13 heteroatoms. The van der Waals surface area contributed by atoms with Gasteiger partial charge in [-0.15, -0.1) is 12.4 Å². The lowest BCUT2D eigenvalue weighted by atomic mass is 10.1. The first-order valence-corrected chi connectivity index (χ1v) is 17.4. The number of nitrogens with one attached hydrogen (secondary N) is 1. The summed E-state index contributed by atoms with van der Waals surface area (Å²) in [6.07, 6.45) is 4.06. The Kier molecular flexibility index (Phi) is 14.1. The van der Waals surface area contributed by atoms with Crippen LogP contribution >= 0.6 is 12.4 Å². The van der Waals surface area contributed by atoms with Crippen LogP contribution in [0.25, 0.3) is 10.9 Å². The zero-order valence-electron chi connectivity index (χ0n) is 30.5. The maximum atomic E-state index is 13.7. The quantitative estimate of drug-likeness (QED) is 0.152. The lowest BCUT2D eigenvalue weighted by molar-refractivity contribution is -0.132. The predicted octanol–water partition coefficient (Wildman–Crippen LogP) is 6.63. The number of carbonyl (C=O) groups excluding carboxylic acids is 4. The van der Waals surface area contributed by atoms with Gasteiger partial charge in [0.15, 0.2) is 0 Å². The van der Waals surface area contributed by atoms with Crippen LogP contribution in [0.2, 0.25) is 0 Å². The maximum Gasteiger partial charge on any atom is 0.418 e. The van der Waals surface area contributed by atoms with Gasteiger partial charge in [0, 0.05) is 62.4 Å². The highest BCUT2D eigenvalue weighted by Crippen LogP contribution is 2.32. The van der Waals surface area contributed by atoms with E-state index in [4.69, 9.17) is 14.2 Å². The summed E-state index contributed by atoms with van der Waals surface area (Å²) in [6, 6.07) is 17.4. The third-order valence-corrected chi connectivity index (χ3v) is 9.07. The predicted molar refractivity (Wildman–Crippen MR) is 205 cm³/mol. The standard InChI is InChI=1S/C39H47N5O7.ClH/c1-6-50-39(48)44-19-18-29-30(11-10-12-32(29)44)37(46)40-31-16-15-28(26-34(31)49-5)38(47)42(4)33-17-14-27(2)25-35(33)51-24-9-7-8-13-36(45)43-22-20-41(3)21-23-43;/h10-12,14-19,25-26H,6-9,13,20-24H2,1-5H3,(H,40,46);1H. The monoisotopic (exact) mass is 733 g/mol. The summed E-state index contributed by atoms with van der Waals surface area (Å²) in [5.74, 6) is 0.441. The molecule has 5 rings (SSSR count). The first kappa shape index (κ1) is 39.7. The van der Waals surface area contributed by atoms with Crippen molar-refractivity contribution < 1.29 is 33.4 Å². The van der Waals surface area contributed by atoms with Crippen LogP contribution in [0, 0.1) is 6.92 Å². The molecule has 1 aliphatic rings. The molecule has 0 spiro atoms. The molecule has 3 aromatic carbocycles. The molecule has 1 aliphatic heterocycles. The molecule has 278 valence electrons.